The third kappa shape index (κ3) is 4.75. The van der Waals surface area contributed by atoms with Crippen LogP contribution in [-0.4, -0.2) is 34.9 Å². The molecule has 0 saturated carbocycles. The maximum Gasteiger partial charge on any atom is 0.407 e. The summed E-state index contributed by atoms with van der Waals surface area (Å²) in [6.45, 7) is 3.05. The van der Waals surface area contributed by atoms with Crippen LogP contribution < -0.4 is 5.32 Å². The highest BCUT2D eigenvalue weighted by molar-refractivity contribution is 5.75. The number of carbonyl (C=O) groups is 2. The molecule has 0 aliphatic rings. The Hall–Kier alpha value is -2.08. The molecule has 1 amide bonds. The molecule has 0 spiro atoms. The van der Waals surface area contributed by atoms with E-state index in [1.165, 1.54) is 6.92 Å². The number of amides is 1. The third-order valence-electron chi connectivity index (χ3n) is 3.61. The number of hydrogen-bond donors (Lipinski definition) is 3. The Bertz CT molecular complexity index is 476. The fraction of sp³-hybridized carbons (Fsp3) is 0.467. The standard InChI is InChI=1S/C15H21NO5/c1-3-15(2,13(18)19)12(17)9-16-14(20)21-10-11-7-5-4-6-8-11/h4-8,12,17H,3,9-10H2,1-2H3,(H,16,20)(H,18,19). The fourth-order valence-corrected chi connectivity index (χ4v) is 1.71. The summed E-state index contributed by atoms with van der Waals surface area (Å²) >= 11 is 0. The number of carboxylic acid groups (broad SMARTS) is 1. The Morgan fingerprint density at radius 3 is 2.48 bits per heavy atom. The molecule has 2 atom stereocenters. The number of ether oxygens (including phenoxy) is 1. The Kier molecular flexibility index (Phi) is 6.17. The number of rotatable bonds is 7. The minimum Gasteiger partial charge on any atom is -0.481 e. The van der Waals surface area contributed by atoms with Crippen molar-refractivity contribution in [2.24, 2.45) is 5.41 Å². The average Bonchev–Trinajstić information content (AvgIpc) is 2.50. The molecule has 1 aromatic rings. The minimum atomic E-state index is -1.30. The molecule has 1 aromatic carbocycles. The van der Waals surface area contributed by atoms with Gasteiger partial charge in [-0.2, -0.15) is 0 Å². The summed E-state index contributed by atoms with van der Waals surface area (Å²) < 4.78 is 4.98. The van der Waals surface area contributed by atoms with E-state index < -0.39 is 23.6 Å². The smallest absolute Gasteiger partial charge is 0.407 e. The van der Waals surface area contributed by atoms with Gasteiger partial charge >= 0.3 is 12.1 Å². The van der Waals surface area contributed by atoms with Gasteiger partial charge < -0.3 is 20.3 Å². The van der Waals surface area contributed by atoms with E-state index in [0.29, 0.717) is 0 Å². The number of benzene rings is 1. The van der Waals surface area contributed by atoms with Gasteiger partial charge in [-0.3, -0.25) is 4.79 Å². The number of carboxylic acids is 1. The summed E-state index contributed by atoms with van der Waals surface area (Å²) in [5.74, 6) is -1.10. The summed E-state index contributed by atoms with van der Waals surface area (Å²) in [5, 5.41) is 21.4. The molecule has 0 saturated heterocycles. The van der Waals surface area contributed by atoms with Gasteiger partial charge in [0.15, 0.2) is 0 Å². The van der Waals surface area contributed by atoms with Crippen LogP contribution in [0.5, 0.6) is 0 Å². The summed E-state index contributed by atoms with van der Waals surface area (Å²) in [4.78, 5) is 22.7. The molecule has 0 aromatic heterocycles. The van der Waals surface area contributed by atoms with E-state index in [1.54, 1.807) is 6.92 Å². The summed E-state index contributed by atoms with van der Waals surface area (Å²) in [5.41, 5.74) is -0.454. The number of aliphatic hydroxyl groups excluding tert-OH is 1. The van der Waals surface area contributed by atoms with Gasteiger partial charge in [0.1, 0.15) is 6.61 Å². The van der Waals surface area contributed by atoms with E-state index >= 15 is 0 Å². The molecule has 0 fully saturated rings. The van der Waals surface area contributed by atoms with Gasteiger partial charge in [-0.15, -0.1) is 0 Å². The lowest BCUT2D eigenvalue weighted by atomic mass is 9.81. The Labute approximate surface area is 123 Å². The van der Waals surface area contributed by atoms with Gasteiger partial charge in [0.05, 0.1) is 11.5 Å². The van der Waals surface area contributed by atoms with E-state index in [4.69, 9.17) is 9.84 Å². The first-order chi connectivity index (χ1) is 9.90. The van der Waals surface area contributed by atoms with Crippen molar-refractivity contribution in [1.82, 2.24) is 5.32 Å². The number of nitrogens with one attached hydrogen (secondary N) is 1. The highest BCUT2D eigenvalue weighted by Crippen LogP contribution is 2.25. The highest BCUT2D eigenvalue weighted by Gasteiger charge is 2.39. The average molecular weight is 295 g/mol. The van der Waals surface area contributed by atoms with Gasteiger partial charge in [0.25, 0.3) is 0 Å². The maximum atomic E-state index is 11.5. The summed E-state index contributed by atoms with van der Waals surface area (Å²) in [7, 11) is 0. The van der Waals surface area contributed by atoms with Crippen molar-refractivity contribution in [2.75, 3.05) is 6.54 Å². The lowest BCUT2D eigenvalue weighted by molar-refractivity contribution is -0.155. The van der Waals surface area contributed by atoms with Crippen LogP contribution in [0.3, 0.4) is 0 Å². The summed E-state index contributed by atoms with van der Waals surface area (Å²) in [6.07, 6.45) is -1.63. The van der Waals surface area contributed by atoms with Gasteiger partial charge in [-0.25, -0.2) is 4.79 Å². The molecule has 116 valence electrons. The first-order valence-electron chi connectivity index (χ1n) is 6.76. The molecule has 1 rings (SSSR count). The van der Waals surface area contributed by atoms with Crippen LogP contribution in [0.2, 0.25) is 0 Å². The van der Waals surface area contributed by atoms with Crippen LogP contribution in [0.4, 0.5) is 4.79 Å². The van der Waals surface area contributed by atoms with Crippen LogP contribution in [-0.2, 0) is 16.1 Å². The molecule has 6 nitrogen and oxygen atoms in total. The largest absolute Gasteiger partial charge is 0.481 e. The normalized spacial score (nSPS) is 14.8. The minimum absolute atomic E-state index is 0.118. The second kappa shape index (κ2) is 7.64. The molecule has 6 heteroatoms. The van der Waals surface area contributed by atoms with E-state index in [1.807, 2.05) is 30.3 Å². The van der Waals surface area contributed by atoms with Crippen LogP contribution in [0.1, 0.15) is 25.8 Å². The second-order valence-electron chi connectivity index (χ2n) is 5.03. The second-order valence-corrected chi connectivity index (χ2v) is 5.03. The van der Waals surface area contributed by atoms with Crippen LogP contribution in [0, 0.1) is 5.41 Å². The first-order valence-corrected chi connectivity index (χ1v) is 6.76. The molecule has 0 aliphatic carbocycles. The van der Waals surface area contributed by atoms with Crippen molar-refractivity contribution in [3.63, 3.8) is 0 Å². The monoisotopic (exact) mass is 295 g/mol. The molecule has 0 aliphatic heterocycles. The maximum absolute atomic E-state index is 11.5. The third-order valence-corrected chi connectivity index (χ3v) is 3.61. The Morgan fingerprint density at radius 2 is 1.95 bits per heavy atom. The predicted molar refractivity (Wildman–Crippen MR) is 76.7 cm³/mol. The predicted octanol–water partition coefficient (Wildman–Crippen LogP) is 1.77. The molecular weight excluding hydrogens is 274 g/mol. The van der Waals surface area contributed by atoms with E-state index in [9.17, 15) is 14.7 Å². The SMILES string of the molecule is CCC(C)(C(=O)O)C(O)CNC(=O)OCc1ccccc1. The zero-order chi connectivity index (χ0) is 15.9. The Balaban J connectivity index is 2.40. The van der Waals surface area contributed by atoms with Crippen molar-refractivity contribution in [3.05, 3.63) is 35.9 Å². The van der Waals surface area contributed by atoms with Gasteiger partial charge in [-0.05, 0) is 18.9 Å². The number of hydrogen-bond acceptors (Lipinski definition) is 4. The molecule has 0 radical (unpaired) electrons. The van der Waals surface area contributed by atoms with Gasteiger partial charge in [0.2, 0.25) is 0 Å². The number of aliphatic hydroxyl groups is 1. The van der Waals surface area contributed by atoms with Crippen molar-refractivity contribution >= 4 is 12.1 Å². The highest BCUT2D eigenvalue weighted by atomic mass is 16.5. The first kappa shape index (κ1) is 17.0. The quantitative estimate of drug-likeness (QED) is 0.712. The fourth-order valence-electron chi connectivity index (χ4n) is 1.71. The number of carbonyl (C=O) groups excluding carboxylic acids is 1. The molecule has 2 unspecified atom stereocenters. The van der Waals surface area contributed by atoms with Crippen molar-refractivity contribution in [1.29, 1.82) is 0 Å². The summed E-state index contributed by atoms with van der Waals surface area (Å²) in [6, 6.07) is 9.17. The molecule has 21 heavy (non-hydrogen) atoms. The van der Waals surface area contributed by atoms with Crippen LogP contribution in [0.15, 0.2) is 30.3 Å². The van der Waals surface area contributed by atoms with Crippen LogP contribution >= 0.6 is 0 Å². The number of alkyl carbamates (subject to hydrolysis) is 1. The molecule has 0 heterocycles. The zero-order valence-corrected chi connectivity index (χ0v) is 12.2. The van der Waals surface area contributed by atoms with Crippen molar-refractivity contribution in [3.8, 4) is 0 Å². The van der Waals surface area contributed by atoms with E-state index in [-0.39, 0.29) is 19.6 Å². The number of aliphatic carboxylic acids is 1. The Morgan fingerprint density at radius 1 is 1.33 bits per heavy atom. The molecular formula is C15H21NO5. The zero-order valence-electron chi connectivity index (χ0n) is 12.2. The van der Waals surface area contributed by atoms with Crippen LogP contribution in [0.25, 0.3) is 0 Å². The topological polar surface area (TPSA) is 95.9 Å². The van der Waals surface area contributed by atoms with Gasteiger partial charge in [-0.1, -0.05) is 37.3 Å². The molecule has 3 N–H and O–H groups in total. The van der Waals surface area contributed by atoms with Crippen molar-refractivity contribution < 1.29 is 24.5 Å². The van der Waals surface area contributed by atoms with Gasteiger partial charge in [0, 0.05) is 6.54 Å². The van der Waals surface area contributed by atoms with E-state index in [0.717, 1.165) is 5.56 Å². The lowest BCUT2D eigenvalue weighted by Gasteiger charge is -2.28. The van der Waals surface area contributed by atoms with E-state index in [2.05, 4.69) is 5.32 Å². The van der Waals surface area contributed by atoms with Crippen molar-refractivity contribution in [2.45, 2.75) is 33.0 Å². The molecule has 0 bridgehead atoms. The lowest BCUT2D eigenvalue weighted by Crippen LogP contribution is -2.46.